The van der Waals surface area contributed by atoms with E-state index in [2.05, 4.69) is 15.9 Å². The summed E-state index contributed by atoms with van der Waals surface area (Å²) in [4.78, 5) is 0. The van der Waals surface area contributed by atoms with Crippen LogP contribution in [0.1, 0.15) is 32.1 Å². The molecule has 0 radical (unpaired) electrons. The Balaban J connectivity index is 3.12. The summed E-state index contributed by atoms with van der Waals surface area (Å²) < 4.78 is 28.9. The van der Waals surface area contributed by atoms with Gasteiger partial charge in [-0.15, -0.1) is 0 Å². The van der Waals surface area contributed by atoms with E-state index in [1.807, 2.05) is 0 Å². The van der Waals surface area contributed by atoms with Crippen LogP contribution in [0.2, 0.25) is 0 Å². The fourth-order valence-corrected chi connectivity index (χ4v) is 1.87. The quantitative estimate of drug-likeness (QED) is 0.433. The normalized spacial score (nSPS) is 11.8. The van der Waals surface area contributed by atoms with Crippen LogP contribution in [-0.4, -0.2) is 24.1 Å². The van der Waals surface area contributed by atoms with Crippen LogP contribution in [0.5, 0.6) is 0 Å². The largest absolute Gasteiger partial charge is 0.286 e. The van der Waals surface area contributed by atoms with Gasteiger partial charge in [-0.25, -0.2) is 0 Å². The summed E-state index contributed by atoms with van der Waals surface area (Å²) in [6.45, 7) is 0. The predicted octanol–water partition coefficient (Wildman–Crippen LogP) is 2.22. The molecule has 0 amide bonds. The Hall–Kier alpha value is 0.390. The summed E-state index contributed by atoms with van der Waals surface area (Å²) in [6.07, 6.45) is 4.75. The molecule has 12 heavy (non-hydrogen) atoms. The predicted molar refractivity (Wildman–Crippen MR) is 53.3 cm³/mol. The summed E-state index contributed by atoms with van der Waals surface area (Å²) in [5, 5.41) is 1.01. The Bertz CT molecular complexity index is 189. The van der Waals surface area contributed by atoms with E-state index in [1.165, 1.54) is 0 Å². The van der Waals surface area contributed by atoms with Crippen molar-refractivity contribution in [2.24, 2.45) is 0 Å². The first-order valence-corrected chi connectivity index (χ1v) is 6.80. The molecule has 0 aromatic carbocycles. The molecule has 0 aliphatic rings. The van der Waals surface area contributed by atoms with Crippen LogP contribution < -0.4 is 0 Å². The summed E-state index contributed by atoms with van der Waals surface area (Å²) in [7, 11) is -3.73. The lowest BCUT2D eigenvalue weighted by atomic mass is 10.2. The first-order valence-electron chi connectivity index (χ1n) is 4.07. The molecule has 1 N–H and O–H groups in total. The molecule has 0 aliphatic carbocycles. The molecule has 0 saturated carbocycles. The second-order valence-electron chi connectivity index (χ2n) is 2.74. The van der Waals surface area contributed by atoms with Crippen LogP contribution in [0.3, 0.4) is 0 Å². The van der Waals surface area contributed by atoms with E-state index in [0.717, 1.165) is 31.0 Å². The molecule has 0 atom stereocenters. The van der Waals surface area contributed by atoms with Crippen molar-refractivity contribution in [3.05, 3.63) is 0 Å². The van der Waals surface area contributed by atoms with E-state index in [4.69, 9.17) is 4.55 Å². The molecule has 0 rings (SSSR count). The Morgan fingerprint density at radius 2 is 1.50 bits per heavy atom. The zero-order valence-electron chi connectivity index (χ0n) is 7.00. The minimum absolute atomic E-state index is 0.0959. The number of hydrogen-bond donors (Lipinski definition) is 1. The lowest BCUT2D eigenvalue weighted by Gasteiger charge is -1.97. The SMILES string of the molecule is O=S(=O)(O)CCCCCCCBr. The van der Waals surface area contributed by atoms with E-state index in [-0.39, 0.29) is 5.75 Å². The number of rotatable bonds is 7. The topological polar surface area (TPSA) is 54.4 Å². The molecule has 0 spiro atoms. The first kappa shape index (κ1) is 12.4. The molecule has 0 heterocycles. The van der Waals surface area contributed by atoms with Gasteiger partial charge in [0.1, 0.15) is 0 Å². The van der Waals surface area contributed by atoms with E-state index >= 15 is 0 Å². The van der Waals surface area contributed by atoms with Gasteiger partial charge in [0.2, 0.25) is 0 Å². The second-order valence-corrected chi connectivity index (χ2v) is 5.11. The third-order valence-electron chi connectivity index (χ3n) is 1.54. The van der Waals surface area contributed by atoms with Crippen molar-refractivity contribution in [3.63, 3.8) is 0 Å². The fraction of sp³-hybridized carbons (Fsp3) is 1.00. The Morgan fingerprint density at radius 3 is 2.00 bits per heavy atom. The van der Waals surface area contributed by atoms with Crippen LogP contribution in [0, 0.1) is 0 Å². The highest BCUT2D eigenvalue weighted by atomic mass is 79.9. The lowest BCUT2D eigenvalue weighted by molar-refractivity contribution is 0.479. The zero-order chi connectivity index (χ0) is 9.45. The molecule has 3 nitrogen and oxygen atoms in total. The highest BCUT2D eigenvalue weighted by Crippen LogP contribution is 2.05. The molecule has 74 valence electrons. The number of unbranched alkanes of at least 4 members (excludes halogenated alkanes) is 4. The van der Waals surface area contributed by atoms with Crippen LogP contribution in [0.4, 0.5) is 0 Å². The Labute approximate surface area is 82.4 Å². The van der Waals surface area contributed by atoms with Crippen molar-refractivity contribution < 1.29 is 13.0 Å². The average molecular weight is 259 g/mol. The fourth-order valence-electron chi connectivity index (χ4n) is 0.909. The van der Waals surface area contributed by atoms with Crippen molar-refractivity contribution in [1.82, 2.24) is 0 Å². The van der Waals surface area contributed by atoms with Crippen molar-refractivity contribution in [3.8, 4) is 0 Å². The Morgan fingerprint density at radius 1 is 1.00 bits per heavy atom. The molecule has 0 fully saturated rings. The van der Waals surface area contributed by atoms with Gasteiger partial charge in [-0.3, -0.25) is 4.55 Å². The van der Waals surface area contributed by atoms with Crippen molar-refractivity contribution in [1.29, 1.82) is 0 Å². The second kappa shape index (κ2) is 6.86. The van der Waals surface area contributed by atoms with Crippen molar-refractivity contribution in [2.75, 3.05) is 11.1 Å². The number of alkyl halides is 1. The maximum Gasteiger partial charge on any atom is 0.264 e. The maximum atomic E-state index is 10.3. The Kier molecular flexibility index (Phi) is 7.08. The van der Waals surface area contributed by atoms with Gasteiger partial charge in [0.25, 0.3) is 10.1 Å². The average Bonchev–Trinajstić information content (AvgIpc) is 1.94. The monoisotopic (exact) mass is 258 g/mol. The van der Waals surface area contributed by atoms with E-state index in [0.29, 0.717) is 6.42 Å². The third kappa shape index (κ3) is 10.4. The van der Waals surface area contributed by atoms with E-state index in [1.54, 1.807) is 0 Å². The van der Waals surface area contributed by atoms with Gasteiger partial charge >= 0.3 is 0 Å². The van der Waals surface area contributed by atoms with Crippen LogP contribution in [0.15, 0.2) is 0 Å². The minimum atomic E-state index is -3.73. The van der Waals surface area contributed by atoms with Gasteiger partial charge < -0.3 is 0 Å². The van der Waals surface area contributed by atoms with Crippen LogP contribution in [-0.2, 0) is 10.1 Å². The molecule has 0 saturated heterocycles. The molecule has 0 aliphatic heterocycles. The van der Waals surface area contributed by atoms with Gasteiger partial charge in [0.15, 0.2) is 0 Å². The zero-order valence-corrected chi connectivity index (χ0v) is 9.40. The summed E-state index contributed by atoms with van der Waals surface area (Å²) >= 11 is 3.31. The van der Waals surface area contributed by atoms with Crippen LogP contribution >= 0.6 is 15.9 Å². The van der Waals surface area contributed by atoms with Gasteiger partial charge in [0, 0.05) is 5.33 Å². The molecule has 5 heteroatoms. The minimum Gasteiger partial charge on any atom is -0.286 e. The summed E-state index contributed by atoms with van der Waals surface area (Å²) in [5.41, 5.74) is 0. The summed E-state index contributed by atoms with van der Waals surface area (Å²) in [5.74, 6) is -0.0959. The molecular weight excluding hydrogens is 244 g/mol. The van der Waals surface area contributed by atoms with Crippen molar-refractivity contribution in [2.45, 2.75) is 32.1 Å². The van der Waals surface area contributed by atoms with E-state index in [9.17, 15) is 8.42 Å². The number of hydrogen-bond acceptors (Lipinski definition) is 2. The van der Waals surface area contributed by atoms with Crippen molar-refractivity contribution >= 4 is 26.0 Å². The van der Waals surface area contributed by atoms with E-state index < -0.39 is 10.1 Å². The maximum absolute atomic E-state index is 10.3. The molecule has 0 unspecified atom stereocenters. The number of halogens is 1. The highest BCUT2D eigenvalue weighted by Gasteiger charge is 2.02. The van der Waals surface area contributed by atoms with Gasteiger partial charge in [-0.05, 0) is 12.8 Å². The third-order valence-corrected chi connectivity index (χ3v) is 2.90. The van der Waals surface area contributed by atoms with Gasteiger partial charge in [-0.1, -0.05) is 35.2 Å². The lowest BCUT2D eigenvalue weighted by Crippen LogP contribution is -2.03. The smallest absolute Gasteiger partial charge is 0.264 e. The molecule has 0 bridgehead atoms. The standard InChI is InChI=1S/C7H15BrO3S/c8-6-4-2-1-3-5-7-12(9,10)11/h1-7H2,(H,9,10,11). The summed E-state index contributed by atoms with van der Waals surface area (Å²) in [6, 6.07) is 0. The highest BCUT2D eigenvalue weighted by molar-refractivity contribution is 9.09. The van der Waals surface area contributed by atoms with Gasteiger partial charge in [0.05, 0.1) is 5.75 Å². The molecule has 0 aromatic heterocycles. The molecular formula is C7H15BrO3S. The first-order chi connectivity index (χ1) is 5.56. The van der Waals surface area contributed by atoms with Gasteiger partial charge in [-0.2, -0.15) is 8.42 Å². The molecule has 0 aromatic rings. The van der Waals surface area contributed by atoms with Crippen LogP contribution in [0.25, 0.3) is 0 Å².